The summed E-state index contributed by atoms with van der Waals surface area (Å²) in [5.74, 6) is 0.311. The molecule has 1 unspecified atom stereocenters. The van der Waals surface area contributed by atoms with E-state index in [1.54, 1.807) is 12.1 Å². The molecule has 4 nitrogen and oxygen atoms in total. The van der Waals surface area contributed by atoms with Crippen LogP contribution in [-0.4, -0.2) is 47.1 Å². The monoisotopic (exact) mass is 245 g/mol. The molecule has 18 heavy (non-hydrogen) atoms. The van der Waals surface area contributed by atoms with Gasteiger partial charge in [0.05, 0.1) is 12.1 Å². The molecule has 96 valence electrons. The number of nitrogens with zero attached hydrogens (tertiary/aromatic N) is 3. The van der Waals surface area contributed by atoms with Crippen LogP contribution >= 0.6 is 0 Å². The van der Waals surface area contributed by atoms with Crippen molar-refractivity contribution in [1.29, 1.82) is 5.26 Å². The largest absolute Gasteiger partial charge is 0.508 e. The van der Waals surface area contributed by atoms with E-state index in [4.69, 9.17) is 5.26 Å². The minimum absolute atomic E-state index is 0.0147. The summed E-state index contributed by atoms with van der Waals surface area (Å²) in [5, 5.41) is 18.1. The van der Waals surface area contributed by atoms with Crippen LogP contribution in [0.3, 0.4) is 0 Å². The minimum atomic E-state index is 0.0147. The Bertz CT molecular complexity index is 416. The van der Waals surface area contributed by atoms with Gasteiger partial charge >= 0.3 is 0 Å². The van der Waals surface area contributed by atoms with Crippen LogP contribution in [0, 0.1) is 11.3 Å². The van der Waals surface area contributed by atoms with Crippen LogP contribution in [0.2, 0.25) is 0 Å². The van der Waals surface area contributed by atoms with Gasteiger partial charge in [0.2, 0.25) is 0 Å². The van der Waals surface area contributed by atoms with Crippen LogP contribution in [0.25, 0.3) is 0 Å². The van der Waals surface area contributed by atoms with E-state index >= 15 is 0 Å². The van der Waals surface area contributed by atoms with E-state index in [0.717, 1.165) is 32.7 Å². The Morgan fingerprint density at radius 2 is 1.83 bits per heavy atom. The van der Waals surface area contributed by atoms with Crippen molar-refractivity contribution in [3.63, 3.8) is 0 Å². The predicted molar refractivity (Wildman–Crippen MR) is 70.0 cm³/mol. The summed E-state index contributed by atoms with van der Waals surface area (Å²) in [4.78, 5) is 4.60. The van der Waals surface area contributed by atoms with Crippen LogP contribution in [0.5, 0.6) is 5.75 Å². The van der Waals surface area contributed by atoms with Crippen molar-refractivity contribution in [2.45, 2.75) is 19.5 Å². The highest BCUT2D eigenvalue weighted by Crippen LogP contribution is 2.13. The van der Waals surface area contributed by atoms with Crippen LogP contribution in [-0.2, 0) is 6.54 Å². The number of hydrogen-bond acceptors (Lipinski definition) is 4. The molecule has 0 saturated carbocycles. The molecule has 4 heteroatoms. The number of benzene rings is 1. The topological polar surface area (TPSA) is 50.5 Å². The van der Waals surface area contributed by atoms with Crippen LogP contribution in [0.15, 0.2) is 24.3 Å². The van der Waals surface area contributed by atoms with Gasteiger partial charge in [-0.15, -0.1) is 0 Å². The average molecular weight is 245 g/mol. The van der Waals surface area contributed by atoms with Crippen molar-refractivity contribution < 1.29 is 5.11 Å². The van der Waals surface area contributed by atoms with Crippen LogP contribution in [0.1, 0.15) is 12.5 Å². The van der Waals surface area contributed by atoms with E-state index in [1.807, 2.05) is 19.1 Å². The van der Waals surface area contributed by atoms with Crippen molar-refractivity contribution >= 4 is 0 Å². The van der Waals surface area contributed by atoms with Crippen LogP contribution in [0.4, 0.5) is 0 Å². The first-order valence-corrected chi connectivity index (χ1v) is 6.33. The number of rotatable bonds is 3. The van der Waals surface area contributed by atoms with Gasteiger partial charge in [0.15, 0.2) is 0 Å². The Kier molecular flexibility index (Phi) is 4.19. The molecule has 0 aliphatic carbocycles. The minimum Gasteiger partial charge on any atom is -0.508 e. The summed E-state index contributed by atoms with van der Waals surface area (Å²) in [5.41, 5.74) is 1.22. The van der Waals surface area contributed by atoms with Crippen LogP contribution < -0.4 is 0 Å². The zero-order valence-electron chi connectivity index (χ0n) is 10.7. The highest BCUT2D eigenvalue weighted by Gasteiger charge is 2.20. The second-order valence-corrected chi connectivity index (χ2v) is 4.78. The molecular formula is C14H19N3O. The van der Waals surface area contributed by atoms with E-state index in [2.05, 4.69) is 15.9 Å². The molecule has 1 aliphatic heterocycles. The van der Waals surface area contributed by atoms with E-state index in [9.17, 15) is 5.11 Å². The molecule has 0 radical (unpaired) electrons. The lowest BCUT2D eigenvalue weighted by Crippen LogP contribution is -2.48. The maximum atomic E-state index is 9.23. The molecule has 1 aromatic carbocycles. The molecule has 2 rings (SSSR count). The third-order valence-corrected chi connectivity index (χ3v) is 3.48. The maximum Gasteiger partial charge on any atom is 0.115 e. The van der Waals surface area contributed by atoms with E-state index in [0.29, 0.717) is 5.75 Å². The molecule has 1 fully saturated rings. The first kappa shape index (κ1) is 12.9. The molecule has 1 aromatic rings. The molecular weight excluding hydrogens is 226 g/mol. The number of phenolic OH excluding ortho intramolecular Hbond substituents is 1. The Morgan fingerprint density at radius 3 is 2.39 bits per heavy atom. The molecule has 0 bridgehead atoms. The standard InChI is InChI=1S/C14H19N3O/c1-12(10-15)17-8-6-16(7-9-17)11-13-2-4-14(18)5-3-13/h2-5,12,18H,6-9,11H2,1H3. The van der Waals surface area contributed by atoms with Gasteiger partial charge in [-0.25, -0.2) is 0 Å². The Hall–Kier alpha value is -1.57. The molecule has 1 heterocycles. The zero-order valence-corrected chi connectivity index (χ0v) is 10.7. The van der Waals surface area contributed by atoms with Gasteiger partial charge in [-0.2, -0.15) is 5.26 Å². The van der Waals surface area contributed by atoms with Gasteiger partial charge in [0.25, 0.3) is 0 Å². The van der Waals surface area contributed by atoms with Gasteiger partial charge in [-0.05, 0) is 24.6 Å². The number of phenols is 1. The molecule has 1 atom stereocenters. The third kappa shape index (κ3) is 3.22. The molecule has 0 amide bonds. The summed E-state index contributed by atoms with van der Waals surface area (Å²) < 4.78 is 0. The number of piperazine rings is 1. The first-order chi connectivity index (χ1) is 8.69. The van der Waals surface area contributed by atoms with Crippen molar-refractivity contribution in [2.75, 3.05) is 26.2 Å². The van der Waals surface area contributed by atoms with Crippen molar-refractivity contribution in [1.82, 2.24) is 9.80 Å². The van der Waals surface area contributed by atoms with Gasteiger partial charge in [0, 0.05) is 32.7 Å². The normalized spacial score (nSPS) is 19.3. The summed E-state index contributed by atoms with van der Waals surface area (Å²) in [6.07, 6.45) is 0. The lowest BCUT2D eigenvalue weighted by atomic mass is 10.2. The number of nitriles is 1. The summed E-state index contributed by atoms with van der Waals surface area (Å²) >= 11 is 0. The third-order valence-electron chi connectivity index (χ3n) is 3.48. The fourth-order valence-electron chi connectivity index (χ4n) is 2.25. The fraction of sp³-hybridized carbons (Fsp3) is 0.500. The average Bonchev–Trinajstić information content (AvgIpc) is 2.41. The van der Waals surface area contributed by atoms with Gasteiger partial charge < -0.3 is 5.11 Å². The predicted octanol–water partition coefficient (Wildman–Crippen LogP) is 1.42. The number of aromatic hydroxyl groups is 1. The highest BCUT2D eigenvalue weighted by atomic mass is 16.3. The molecule has 1 aliphatic rings. The molecule has 0 aromatic heterocycles. The molecule has 1 N–H and O–H groups in total. The summed E-state index contributed by atoms with van der Waals surface area (Å²) in [7, 11) is 0. The molecule has 0 spiro atoms. The highest BCUT2D eigenvalue weighted by molar-refractivity contribution is 5.25. The van der Waals surface area contributed by atoms with Crippen molar-refractivity contribution in [3.05, 3.63) is 29.8 Å². The van der Waals surface area contributed by atoms with Crippen molar-refractivity contribution in [3.8, 4) is 11.8 Å². The molecule has 1 saturated heterocycles. The lowest BCUT2D eigenvalue weighted by Gasteiger charge is -2.35. The Morgan fingerprint density at radius 1 is 1.22 bits per heavy atom. The quantitative estimate of drug-likeness (QED) is 0.875. The van der Waals surface area contributed by atoms with Gasteiger partial charge in [0.1, 0.15) is 5.75 Å². The Balaban J connectivity index is 1.84. The van der Waals surface area contributed by atoms with Gasteiger partial charge in [-0.3, -0.25) is 9.80 Å². The smallest absolute Gasteiger partial charge is 0.115 e. The second kappa shape index (κ2) is 5.85. The zero-order chi connectivity index (χ0) is 13.0. The SMILES string of the molecule is CC(C#N)N1CCN(Cc2ccc(O)cc2)CC1. The fourth-order valence-corrected chi connectivity index (χ4v) is 2.25. The Labute approximate surface area is 108 Å². The van der Waals surface area contributed by atoms with E-state index in [-0.39, 0.29) is 6.04 Å². The van der Waals surface area contributed by atoms with E-state index < -0.39 is 0 Å². The summed E-state index contributed by atoms with van der Waals surface area (Å²) in [6.45, 7) is 6.75. The second-order valence-electron chi connectivity index (χ2n) is 4.78. The first-order valence-electron chi connectivity index (χ1n) is 6.33. The number of hydrogen-bond donors (Lipinski definition) is 1. The van der Waals surface area contributed by atoms with Crippen molar-refractivity contribution in [2.24, 2.45) is 0 Å². The summed E-state index contributed by atoms with van der Waals surface area (Å²) in [6, 6.07) is 9.67. The lowest BCUT2D eigenvalue weighted by molar-refractivity contribution is 0.114. The van der Waals surface area contributed by atoms with Gasteiger partial charge in [-0.1, -0.05) is 12.1 Å². The van der Waals surface area contributed by atoms with E-state index in [1.165, 1.54) is 5.56 Å². The maximum absolute atomic E-state index is 9.23.